The van der Waals surface area contributed by atoms with Gasteiger partial charge in [0.05, 0.1) is 11.4 Å². The second-order valence-electron chi connectivity index (χ2n) is 9.48. The minimum absolute atomic E-state index is 0.0365. The number of anilines is 2. The summed E-state index contributed by atoms with van der Waals surface area (Å²) in [6.07, 6.45) is 4.80. The van der Waals surface area contributed by atoms with Gasteiger partial charge in [-0.25, -0.2) is 16.8 Å². The molecule has 0 aliphatic heterocycles. The Morgan fingerprint density at radius 1 is 0.889 bits per heavy atom. The summed E-state index contributed by atoms with van der Waals surface area (Å²) in [5.74, 6) is 1.42. The zero-order valence-corrected chi connectivity index (χ0v) is 22.8. The average Bonchev–Trinajstić information content (AvgIpc) is 3.63. The van der Waals surface area contributed by atoms with Gasteiger partial charge in [0, 0.05) is 11.6 Å². The van der Waals surface area contributed by atoms with Gasteiger partial charge in [-0.15, -0.1) is 22.7 Å². The molecule has 2 aromatic heterocycles. The summed E-state index contributed by atoms with van der Waals surface area (Å²) in [5.41, 5.74) is 0.347. The summed E-state index contributed by atoms with van der Waals surface area (Å²) in [5, 5.41) is 6.37. The SMILES string of the molecule is C[C@H](NC(=O)c1cc(NS(=O)(=O)c2cccs2)cc(NS(=O)(=O)c2cccs2)c1)[C@H]1C[C@H]2CC[C@H]1C2. The quantitative estimate of drug-likeness (QED) is 0.338. The van der Waals surface area contributed by atoms with Crippen molar-refractivity contribution in [3.63, 3.8) is 0 Å². The van der Waals surface area contributed by atoms with E-state index in [1.54, 1.807) is 22.9 Å². The molecule has 36 heavy (non-hydrogen) atoms. The zero-order valence-electron chi connectivity index (χ0n) is 19.5. The van der Waals surface area contributed by atoms with Crippen LogP contribution in [0, 0.1) is 17.8 Å². The van der Waals surface area contributed by atoms with Crippen molar-refractivity contribution in [1.82, 2.24) is 5.32 Å². The van der Waals surface area contributed by atoms with Crippen LogP contribution in [0.5, 0.6) is 0 Å². The smallest absolute Gasteiger partial charge is 0.271 e. The lowest BCUT2D eigenvalue weighted by molar-refractivity contribution is 0.0915. The molecule has 8 nitrogen and oxygen atoms in total. The van der Waals surface area contributed by atoms with E-state index in [9.17, 15) is 21.6 Å². The van der Waals surface area contributed by atoms with Crippen LogP contribution in [0.2, 0.25) is 0 Å². The van der Waals surface area contributed by atoms with Crippen LogP contribution in [-0.2, 0) is 20.0 Å². The van der Waals surface area contributed by atoms with Gasteiger partial charge in [-0.3, -0.25) is 14.2 Å². The molecule has 2 bridgehead atoms. The molecule has 2 aliphatic rings. The highest BCUT2D eigenvalue weighted by atomic mass is 32.3. The van der Waals surface area contributed by atoms with Crippen molar-refractivity contribution < 1.29 is 21.6 Å². The van der Waals surface area contributed by atoms with E-state index < -0.39 is 20.0 Å². The molecule has 5 rings (SSSR count). The minimum atomic E-state index is -3.90. The largest absolute Gasteiger partial charge is 0.349 e. The summed E-state index contributed by atoms with van der Waals surface area (Å²) in [6, 6.07) is 10.4. The van der Waals surface area contributed by atoms with E-state index in [0.717, 1.165) is 35.0 Å². The molecule has 3 N–H and O–H groups in total. The van der Waals surface area contributed by atoms with E-state index in [0.29, 0.717) is 11.8 Å². The molecular formula is C24H27N3O5S4. The lowest BCUT2D eigenvalue weighted by atomic mass is 9.84. The van der Waals surface area contributed by atoms with Crippen molar-refractivity contribution in [3.8, 4) is 0 Å². The number of benzene rings is 1. The Bertz CT molecular complexity index is 1370. The van der Waals surface area contributed by atoms with Crippen molar-refractivity contribution in [2.45, 2.75) is 47.1 Å². The molecule has 4 atom stereocenters. The van der Waals surface area contributed by atoms with Crippen LogP contribution in [0.25, 0.3) is 0 Å². The van der Waals surface area contributed by atoms with Crippen LogP contribution < -0.4 is 14.8 Å². The van der Waals surface area contributed by atoms with Crippen molar-refractivity contribution in [2.75, 3.05) is 9.44 Å². The fourth-order valence-corrected chi connectivity index (χ4v) is 9.49. The molecule has 1 amide bonds. The molecule has 0 radical (unpaired) electrons. The summed E-state index contributed by atoms with van der Waals surface area (Å²) in [4.78, 5) is 13.2. The lowest BCUT2D eigenvalue weighted by Gasteiger charge is -2.28. The third-order valence-corrected chi connectivity index (χ3v) is 12.6. The maximum absolute atomic E-state index is 13.2. The number of fused-ring (bicyclic) bond motifs is 2. The fraction of sp³-hybridized carbons (Fsp3) is 0.375. The van der Waals surface area contributed by atoms with Gasteiger partial charge in [-0.1, -0.05) is 18.6 Å². The number of nitrogens with one attached hydrogen (secondary N) is 3. The third kappa shape index (κ3) is 5.31. The molecule has 1 aromatic carbocycles. The predicted molar refractivity (Wildman–Crippen MR) is 143 cm³/mol. The third-order valence-electron chi connectivity index (χ3n) is 7.01. The van der Waals surface area contributed by atoms with Gasteiger partial charge < -0.3 is 5.32 Å². The first-order valence-corrected chi connectivity index (χ1v) is 16.4. The Morgan fingerprint density at radius 2 is 1.47 bits per heavy atom. The van der Waals surface area contributed by atoms with Crippen LogP contribution in [0.1, 0.15) is 43.0 Å². The van der Waals surface area contributed by atoms with Gasteiger partial charge >= 0.3 is 0 Å². The second kappa shape index (κ2) is 9.81. The maximum atomic E-state index is 13.2. The summed E-state index contributed by atoms with van der Waals surface area (Å²) < 4.78 is 56.4. The molecule has 2 aliphatic carbocycles. The van der Waals surface area contributed by atoms with Gasteiger partial charge in [0.15, 0.2) is 0 Å². The first-order valence-electron chi connectivity index (χ1n) is 11.7. The molecule has 192 valence electrons. The summed E-state index contributed by atoms with van der Waals surface area (Å²) in [7, 11) is -7.79. The number of hydrogen-bond donors (Lipinski definition) is 3. The number of thiophene rings is 2. The first-order chi connectivity index (χ1) is 17.1. The lowest BCUT2D eigenvalue weighted by Crippen LogP contribution is -2.40. The van der Waals surface area contributed by atoms with E-state index in [1.165, 1.54) is 49.6 Å². The van der Waals surface area contributed by atoms with Gasteiger partial charge in [-0.2, -0.15) is 0 Å². The van der Waals surface area contributed by atoms with Gasteiger partial charge in [0.1, 0.15) is 8.42 Å². The highest BCUT2D eigenvalue weighted by Gasteiger charge is 2.42. The number of sulfonamides is 2. The molecular weight excluding hydrogens is 539 g/mol. The monoisotopic (exact) mass is 565 g/mol. The average molecular weight is 566 g/mol. The van der Waals surface area contributed by atoms with Crippen LogP contribution in [0.15, 0.2) is 61.6 Å². The highest BCUT2D eigenvalue weighted by molar-refractivity contribution is 7.95. The predicted octanol–water partition coefficient (Wildman–Crippen LogP) is 4.97. The van der Waals surface area contributed by atoms with Gasteiger partial charge in [0.25, 0.3) is 26.0 Å². The van der Waals surface area contributed by atoms with E-state index in [2.05, 4.69) is 14.8 Å². The van der Waals surface area contributed by atoms with Crippen LogP contribution in [0.3, 0.4) is 0 Å². The number of hydrogen-bond acceptors (Lipinski definition) is 7. The molecule has 2 heterocycles. The van der Waals surface area contributed by atoms with E-state index in [4.69, 9.17) is 0 Å². The van der Waals surface area contributed by atoms with Crippen molar-refractivity contribution in [1.29, 1.82) is 0 Å². The summed E-state index contributed by atoms with van der Waals surface area (Å²) >= 11 is 2.12. The van der Waals surface area contributed by atoms with Crippen LogP contribution in [0.4, 0.5) is 11.4 Å². The molecule has 0 unspecified atom stereocenters. The normalized spacial score (nSPS) is 22.3. The highest BCUT2D eigenvalue weighted by Crippen LogP contribution is 2.49. The van der Waals surface area contributed by atoms with Crippen molar-refractivity contribution in [2.24, 2.45) is 17.8 Å². The molecule has 0 saturated heterocycles. The summed E-state index contributed by atoms with van der Waals surface area (Å²) in [6.45, 7) is 2.01. The standard InChI is InChI=1S/C24H27N3O5S4/c1-15(21-11-16-6-7-17(21)10-16)25-24(28)18-12-19(26-35(29,30)22-4-2-8-33-22)14-20(13-18)27-36(31,32)23-5-3-9-34-23/h2-5,8-9,12-17,21,26-27H,6-7,10-11H2,1H3,(H,25,28)/t15-,16-,17-,21+/m0/s1. The number of amides is 1. The minimum Gasteiger partial charge on any atom is -0.349 e. The number of rotatable bonds is 9. The Balaban J connectivity index is 1.42. The Kier molecular flexibility index (Phi) is 6.88. The Morgan fingerprint density at radius 3 is 1.92 bits per heavy atom. The zero-order chi connectivity index (χ0) is 25.5. The van der Waals surface area contributed by atoms with E-state index >= 15 is 0 Å². The second-order valence-corrected chi connectivity index (χ2v) is 15.2. The van der Waals surface area contributed by atoms with Crippen molar-refractivity contribution in [3.05, 3.63) is 58.8 Å². The molecule has 3 aromatic rings. The Labute approximate surface area is 219 Å². The van der Waals surface area contributed by atoms with Crippen LogP contribution in [-0.4, -0.2) is 28.8 Å². The first kappa shape index (κ1) is 25.2. The molecule has 12 heteroatoms. The maximum Gasteiger partial charge on any atom is 0.271 e. The topological polar surface area (TPSA) is 121 Å². The molecule has 2 saturated carbocycles. The molecule has 2 fully saturated rings. The Hall–Kier alpha value is -2.41. The van der Waals surface area contributed by atoms with E-state index in [-0.39, 0.29) is 37.3 Å². The van der Waals surface area contributed by atoms with Crippen molar-refractivity contribution >= 4 is 60.0 Å². The molecule has 0 spiro atoms. The number of carbonyl (C=O) groups excluding carboxylic acids is 1. The number of carbonyl (C=O) groups is 1. The van der Waals surface area contributed by atoms with Gasteiger partial charge in [-0.05, 0) is 85.0 Å². The fourth-order valence-electron chi connectivity index (χ4n) is 5.42. The van der Waals surface area contributed by atoms with E-state index in [1.807, 2.05) is 6.92 Å². The van der Waals surface area contributed by atoms with Gasteiger partial charge in [0.2, 0.25) is 0 Å². The van der Waals surface area contributed by atoms with Crippen LogP contribution >= 0.6 is 22.7 Å².